The van der Waals surface area contributed by atoms with Crippen LogP contribution in [0.5, 0.6) is 0 Å². The molecule has 0 saturated carbocycles. The molecule has 0 bridgehead atoms. The van der Waals surface area contributed by atoms with Gasteiger partial charge < -0.3 is 4.98 Å². The smallest absolute Gasteiger partial charge is 0.163 e. The monoisotopic (exact) mass is 323 g/mol. The van der Waals surface area contributed by atoms with Gasteiger partial charge in [0.05, 0.1) is 12.0 Å². The van der Waals surface area contributed by atoms with Gasteiger partial charge in [-0.1, -0.05) is 57.0 Å². The second-order valence-electron chi connectivity index (χ2n) is 6.27. The number of imidazole rings is 1. The summed E-state index contributed by atoms with van der Waals surface area (Å²) in [6, 6.07) is 12.3. The van der Waals surface area contributed by atoms with Crippen LogP contribution in [0.2, 0.25) is 0 Å². The van der Waals surface area contributed by atoms with Crippen LogP contribution in [0.15, 0.2) is 42.7 Å². The topological polar surface area (TPSA) is 69.5 Å². The molecule has 1 aromatic heterocycles. The maximum Gasteiger partial charge on any atom is 0.163 e. The molecule has 1 aromatic carbocycles. The number of nitriles is 1. The Morgan fingerprint density at radius 2 is 1.92 bits per heavy atom. The van der Waals surface area contributed by atoms with Gasteiger partial charge in [-0.05, 0) is 24.8 Å². The molecule has 1 atom stereocenters. The fourth-order valence-electron chi connectivity index (χ4n) is 3.36. The van der Waals surface area contributed by atoms with Crippen molar-refractivity contribution in [1.82, 2.24) is 9.97 Å². The van der Waals surface area contributed by atoms with Crippen molar-refractivity contribution in [2.24, 2.45) is 5.41 Å². The molecular formula is C20H25N3O. The number of ketones is 1. The van der Waals surface area contributed by atoms with E-state index in [-0.39, 0.29) is 5.78 Å². The first kappa shape index (κ1) is 17.9. The molecule has 1 unspecified atom stereocenters. The largest absolute Gasteiger partial charge is 0.348 e. The van der Waals surface area contributed by atoms with Gasteiger partial charge >= 0.3 is 0 Å². The Kier molecular flexibility index (Phi) is 6.31. The Hall–Kier alpha value is -2.41. The Morgan fingerprint density at radius 1 is 1.25 bits per heavy atom. The van der Waals surface area contributed by atoms with Gasteiger partial charge in [0, 0.05) is 12.4 Å². The van der Waals surface area contributed by atoms with E-state index in [0.29, 0.717) is 25.1 Å². The van der Waals surface area contributed by atoms with Gasteiger partial charge in [-0.3, -0.25) is 4.79 Å². The van der Waals surface area contributed by atoms with Crippen LogP contribution in [0.3, 0.4) is 0 Å². The quantitative estimate of drug-likeness (QED) is 0.743. The molecule has 4 heteroatoms. The van der Waals surface area contributed by atoms with E-state index in [9.17, 15) is 10.1 Å². The Bertz CT molecular complexity index is 665. The van der Waals surface area contributed by atoms with Crippen LogP contribution in [0.1, 0.15) is 56.8 Å². The van der Waals surface area contributed by atoms with E-state index in [0.717, 1.165) is 18.4 Å². The van der Waals surface area contributed by atoms with E-state index in [1.54, 1.807) is 12.4 Å². The van der Waals surface area contributed by atoms with Crippen LogP contribution in [-0.4, -0.2) is 15.8 Å². The van der Waals surface area contributed by atoms with Crippen LogP contribution < -0.4 is 0 Å². The molecule has 0 saturated heterocycles. The van der Waals surface area contributed by atoms with Crippen molar-refractivity contribution in [3.63, 3.8) is 0 Å². The van der Waals surface area contributed by atoms with Crippen molar-refractivity contribution in [3.05, 3.63) is 54.1 Å². The van der Waals surface area contributed by atoms with E-state index in [2.05, 4.69) is 16.0 Å². The highest BCUT2D eigenvalue weighted by molar-refractivity contribution is 5.93. The summed E-state index contributed by atoms with van der Waals surface area (Å²) in [5, 5.41) is 9.82. The minimum atomic E-state index is -0.921. The summed E-state index contributed by atoms with van der Waals surface area (Å²) < 4.78 is 0. The van der Waals surface area contributed by atoms with E-state index >= 15 is 0 Å². The van der Waals surface area contributed by atoms with Crippen LogP contribution in [0, 0.1) is 16.7 Å². The van der Waals surface area contributed by atoms with Gasteiger partial charge in [-0.15, -0.1) is 0 Å². The zero-order valence-electron chi connectivity index (χ0n) is 14.5. The van der Waals surface area contributed by atoms with Gasteiger partial charge in [0.15, 0.2) is 5.78 Å². The molecule has 0 aliphatic carbocycles. The van der Waals surface area contributed by atoms with Gasteiger partial charge in [-0.25, -0.2) is 4.98 Å². The molecule has 24 heavy (non-hydrogen) atoms. The predicted octanol–water partition coefficient (Wildman–Crippen LogP) is 4.42. The third-order valence-corrected chi connectivity index (χ3v) is 4.49. The van der Waals surface area contributed by atoms with E-state index in [1.807, 2.05) is 44.2 Å². The third-order valence-electron chi connectivity index (χ3n) is 4.49. The lowest BCUT2D eigenvalue weighted by atomic mass is 9.71. The van der Waals surface area contributed by atoms with Crippen molar-refractivity contribution in [3.8, 4) is 6.07 Å². The summed E-state index contributed by atoms with van der Waals surface area (Å²) in [6.45, 7) is 4.04. The molecule has 0 aliphatic rings. The molecular weight excluding hydrogens is 298 g/mol. The number of H-pyrrole nitrogens is 1. The lowest BCUT2D eigenvalue weighted by Gasteiger charge is -2.28. The molecule has 0 fully saturated rings. The molecule has 2 rings (SSSR count). The zero-order chi connectivity index (χ0) is 17.4. The van der Waals surface area contributed by atoms with Gasteiger partial charge in [0.1, 0.15) is 11.2 Å². The van der Waals surface area contributed by atoms with E-state index in [4.69, 9.17) is 0 Å². The number of nitrogens with zero attached hydrogens (tertiary/aromatic N) is 2. The normalized spacial score (nSPS) is 12.5. The van der Waals surface area contributed by atoms with Crippen molar-refractivity contribution >= 4 is 5.78 Å². The number of aromatic nitrogens is 2. The second-order valence-corrected chi connectivity index (χ2v) is 6.27. The first-order valence-corrected chi connectivity index (χ1v) is 8.65. The summed E-state index contributed by atoms with van der Waals surface area (Å²) >= 11 is 0. The van der Waals surface area contributed by atoms with Crippen molar-refractivity contribution in [2.75, 3.05) is 0 Å². The summed E-state index contributed by atoms with van der Waals surface area (Å²) in [4.78, 5) is 20.8. The Morgan fingerprint density at radius 3 is 2.42 bits per heavy atom. The molecule has 0 spiro atoms. The SMILES string of the molecule is CCCC(C#N)(CCC)C(=O)C(Cc1ccccc1)c1ncc[nH]1. The molecule has 126 valence electrons. The fourth-order valence-corrected chi connectivity index (χ4v) is 3.36. The second kappa shape index (κ2) is 8.44. The Balaban J connectivity index is 2.38. The highest BCUT2D eigenvalue weighted by atomic mass is 16.1. The highest BCUT2D eigenvalue weighted by Crippen LogP contribution is 2.37. The molecule has 1 heterocycles. The number of nitrogens with one attached hydrogen (secondary N) is 1. The van der Waals surface area contributed by atoms with E-state index < -0.39 is 11.3 Å². The number of hydrogen-bond acceptors (Lipinski definition) is 3. The van der Waals surface area contributed by atoms with Gasteiger partial charge in [0.2, 0.25) is 0 Å². The van der Waals surface area contributed by atoms with Gasteiger partial charge in [0.25, 0.3) is 0 Å². The molecule has 0 radical (unpaired) electrons. The standard InChI is InChI=1S/C20H25N3O/c1-3-10-20(15-21,11-4-2)18(24)17(19-22-12-13-23-19)14-16-8-6-5-7-9-16/h5-9,12-13,17H,3-4,10-11,14H2,1-2H3,(H,22,23). The maximum atomic E-state index is 13.4. The lowest BCUT2D eigenvalue weighted by Crippen LogP contribution is -2.35. The number of Topliss-reactive ketones (excluding diaryl/α,β-unsaturated/α-hetero) is 1. The number of aromatic amines is 1. The minimum absolute atomic E-state index is 0.00694. The van der Waals surface area contributed by atoms with Crippen molar-refractivity contribution in [2.45, 2.75) is 51.9 Å². The van der Waals surface area contributed by atoms with Crippen molar-refractivity contribution in [1.29, 1.82) is 5.26 Å². The highest BCUT2D eigenvalue weighted by Gasteiger charge is 2.42. The lowest BCUT2D eigenvalue weighted by molar-refractivity contribution is -0.128. The fraction of sp³-hybridized carbons (Fsp3) is 0.450. The summed E-state index contributed by atoms with van der Waals surface area (Å²) in [5.41, 5.74) is 0.155. The number of carbonyl (C=O) groups is 1. The first-order chi connectivity index (χ1) is 11.7. The summed E-state index contributed by atoms with van der Waals surface area (Å²) in [7, 11) is 0. The van der Waals surface area contributed by atoms with Crippen molar-refractivity contribution < 1.29 is 4.79 Å². The number of benzene rings is 1. The number of rotatable bonds is 9. The molecule has 4 nitrogen and oxygen atoms in total. The number of hydrogen-bond donors (Lipinski definition) is 1. The Labute approximate surface area is 143 Å². The first-order valence-electron chi connectivity index (χ1n) is 8.65. The molecule has 1 N–H and O–H groups in total. The third kappa shape index (κ3) is 3.91. The summed E-state index contributed by atoms with van der Waals surface area (Å²) in [5.74, 6) is 0.225. The minimum Gasteiger partial charge on any atom is -0.348 e. The predicted molar refractivity (Wildman–Crippen MR) is 94.3 cm³/mol. The summed E-state index contributed by atoms with van der Waals surface area (Å²) in [6.07, 6.45) is 6.78. The van der Waals surface area contributed by atoms with E-state index in [1.165, 1.54) is 0 Å². The van der Waals surface area contributed by atoms with Crippen LogP contribution in [-0.2, 0) is 11.2 Å². The maximum absolute atomic E-state index is 13.4. The molecule has 0 aliphatic heterocycles. The van der Waals surface area contributed by atoms with Crippen LogP contribution in [0.4, 0.5) is 0 Å². The zero-order valence-corrected chi connectivity index (χ0v) is 14.5. The van der Waals surface area contributed by atoms with Gasteiger partial charge in [-0.2, -0.15) is 5.26 Å². The molecule has 2 aromatic rings. The average Bonchev–Trinajstić information content (AvgIpc) is 3.14. The molecule has 0 amide bonds. The average molecular weight is 323 g/mol. The number of carbonyl (C=O) groups excluding carboxylic acids is 1. The van der Waals surface area contributed by atoms with Crippen LogP contribution >= 0.6 is 0 Å². The van der Waals surface area contributed by atoms with Crippen LogP contribution in [0.25, 0.3) is 0 Å².